The van der Waals surface area contributed by atoms with E-state index in [1.807, 2.05) is 6.92 Å². The van der Waals surface area contributed by atoms with Gasteiger partial charge in [-0.1, -0.05) is 13.0 Å². The molecule has 1 aromatic rings. The van der Waals surface area contributed by atoms with E-state index in [1.165, 1.54) is 16.2 Å². The summed E-state index contributed by atoms with van der Waals surface area (Å²) in [5, 5.41) is 2.73. The van der Waals surface area contributed by atoms with Gasteiger partial charge in [0, 0.05) is 23.8 Å². The van der Waals surface area contributed by atoms with Gasteiger partial charge in [-0.3, -0.25) is 19.8 Å². The van der Waals surface area contributed by atoms with Crippen LogP contribution in [0.3, 0.4) is 0 Å². The zero-order chi connectivity index (χ0) is 22.4. The van der Waals surface area contributed by atoms with Crippen molar-refractivity contribution in [2.75, 3.05) is 11.4 Å². The highest BCUT2D eigenvalue weighted by molar-refractivity contribution is 7.80. The van der Waals surface area contributed by atoms with Crippen LogP contribution in [-0.2, 0) is 9.59 Å². The van der Waals surface area contributed by atoms with Crippen LogP contribution in [-0.4, -0.2) is 40.0 Å². The van der Waals surface area contributed by atoms with Gasteiger partial charge in [0.1, 0.15) is 5.57 Å². The Hall–Kier alpha value is -2.47. The molecule has 2 aliphatic heterocycles. The molecule has 3 rings (SSSR count). The molecule has 160 valence electrons. The van der Waals surface area contributed by atoms with Crippen molar-refractivity contribution in [2.24, 2.45) is 0 Å². The van der Waals surface area contributed by atoms with Gasteiger partial charge < -0.3 is 4.90 Å². The predicted octanol–water partition coefficient (Wildman–Crippen LogP) is 4.31. The number of amides is 2. The van der Waals surface area contributed by atoms with Gasteiger partial charge in [0.25, 0.3) is 11.8 Å². The van der Waals surface area contributed by atoms with Crippen molar-refractivity contribution >= 4 is 40.9 Å². The molecule has 0 aliphatic carbocycles. The number of rotatable bonds is 4. The van der Waals surface area contributed by atoms with Gasteiger partial charge in [-0.05, 0) is 94.1 Å². The zero-order valence-corrected chi connectivity index (χ0v) is 19.5. The van der Waals surface area contributed by atoms with Crippen LogP contribution in [0.15, 0.2) is 30.4 Å². The minimum absolute atomic E-state index is 0.0626. The van der Waals surface area contributed by atoms with Crippen LogP contribution in [0.2, 0.25) is 0 Å². The third kappa shape index (κ3) is 3.81. The van der Waals surface area contributed by atoms with Crippen molar-refractivity contribution in [3.05, 3.63) is 47.1 Å². The van der Waals surface area contributed by atoms with Crippen LogP contribution in [0, 0.1) is 6.92 Å². The number of benzene rings is 1. The monoisotopic (exact) mass is 425 g/mol. The number of carbonyl (C=O) groups excluding carboxylic acids is 2. The minimum atomic E-state index is -0.458. The Morgan fingerprint density at radius 1 is 1.33 bits per heavy atom. The van der Waals surface area contributed by atoms with E-state index in [0.717, 1.165) is 17.5 Å². The van der Waals surface area contributed by atoms with Crippen molar-refractivity contribution in [3.63, 3.8) is 0 Å². The molecule has 1 fully saturated rings. The van der Waals surface area contributed by atoms with Gasteiger partial charge in [0.05, 0.1) is 0 Å². The summed E-state index contributed by atoms with van der Waals surface area (Å²) in [6.07, 6.45) is 4.32. The van der Waals surface area contributed by atoms with Crippen molar-refractivity contribution in [2.45, 2.75) is 65.5 Å². The minimum Gasteiger partial charge on any atom is -0.364 e. The average Bonchev–Trinajstić information content (AvgIpc) is 2.61. The number of hydrogen-bond donors (Lipinski definition) is 1. The van der Waals surface area contributed by atoms with Crippen molar-refractivity contribution in [1.82, 2.24) is 10.2 Å². The molecule has 0 unspecified atom stereocenters. The fourth-order valence-corrected chi connectivity index (χ4v) is 5.14. The second kappa shape index (κ2) is 7.99. The summed E-state index contributed by atoms with van der Waals surface area (Å²) in [7, 11) is 0. The fourth-order valence-electron chi connectivity index (χ4n) is 4.89. The summed E-state index contributed by atoms with van der Waals surface area (Å²) in [5.74, 6) is -0.470. The molecule has 0 saturated carbocycles. The van der Waals surface area contributed by atoms with Crippen molar-refractivity contribution < 1.29 is 9.59 Å². The maximum absolute atomic E-state index is 12.9. The van der Waals surface area contributed by atoms with Gasteiger partial charge >= 0.3 is 0 Å². The molecule has 1 saturated heterocycles. The van der Waals surface area contributed by atoms with E-state index in [-0.39, 0.29) is 22.8 Å². The Labute approximate surface area is 184 Å². The van der Waals surface area contributed by atoms with Crippen LogP contribution >= 0.6 is 12.2 Å². The maximum atomic E-state index is 12.9. The van der Waals surface area contributed by atoms with Crippen LogP contribution < -0.4 is 10.2 Å². The maximum Gasteiger partial charge on any atom is 0.265 e. The smallest absolute Gasteiger partial charge is 0.265 e. The zero-order valence-electron chi connectivity index (χ0n) is 18.7. The lowest BCUT2D eigenvalue weighted by atomic mass is 9.78. The molecule has 0 aromatic heterocycles. The molecule has 30 heavy (non-hydrogen) atoms. The summed E-state index contributed by atoms with van der Waals surface area (Å²) in [6.45, 7) is 17.2. The first-order valence-electron chi connectivity index (χ1n) is 10.4. The predicted molar refractivity (Wildman–Crippen MR) is 127 cm³/mol. The van der Waals surface area contributed by atoms with Crippen LogP contribution in [0.25, 0.3) is 6.08 Å². The molecular weight excluding hydrogens is 394 g/mol. The lowest BCUT2D eigenvalue weighted by molar-refractivity contribution is -0.128. The second-order valence-electron chi connectivity index (χ2n) is 9.17. The summed E-state index contributed by atoms with van der Waals surface area (Å²) in [6, 6.07) is 4.70. The van der Waals surface area contributed by atoms with Gasteiger partial charge in [-0.25, -0.2) is 0 Å². The van der Waals surface area contributed by atoms with Gasteiger partial charge in [0.15, 0.2) is 5.11 Å². The van der Waals surface area contributed by atoms with Crippen molar-refractivity contribution in [1.29, 1.82) is 0 Å². The van der Waals surface area contributed by atoms with E-state index in [0.29, 0.717) is 12.0 Å². The molecule has 6 heteroatoms. The molecule has 1 N–H and O–H groups in total. The third-order valence-electron chi connectivity index (χ3n) is 5.98. The lowest BCUT2D eigenvalue weighted by Gasteiger charge is -2.50. The number of carbonyl (C=O) groups is 2. The number of aryl methyl sites for hydroxylation is 1. The Morgan fingerprint density at radius 3 is 2.60 bits per heavy atom. The molecule has 2 aliphatic rings. The molecule has 0 radical (unpaired) electrons. The first-order valence-corrected chi connectivity index (χ1v) is 10.8. The SMILES string of the molecule is C=CCN1C(=O)/C(=C\c2cc3c(cc2C)N(C(C)C)C(C)(C)C[C@@H]3C)C(=O)NC1=S. The Balaban J connectivity index is 2.10. The number of thiocarbonyl (C=S) groups is 1. The summed E-state index contributed by atoms with van der Waals surface area (Å²) < 4.78 is 0. The van der Waals surface area contributed by atoms with Crippen LogP contribution in [0.5, 0.6) is 0 Å². The van der Waals surface area contributed by atoms with E-state index < -0.39 is 11.8 Å². The number of fused-ring (bicyclic) bond motifs is 1. The van der Waals surface area contributed by atoms with E-state index in [2.05, 4.69) is 63.5 Å². The standard InChI is InChI=1S/C24H31N3O2S/c1-8-9-26-22(29)19(21(28)25-23(26)30)12-17-11-18-16(5)13-24(6,7)27(14(2)3)20(18)10-15(17)4/h8,10-12,14,16H,1,9,13H2,2-7H3,(H,25,28,30)/b19-12-/t16-/m0/s1. The molecule has 0 bridgehead atoms. The molecule has 2 heterocycles. The van der Waals surface area contributed by atoms with E-state index in [9.17, 15) is 9.59 Å². The normalized spacial score (nSPS) is 22.4. The molecular formula is C24H31N3O2S. The summed E-state index contributed by atoms with van der Waals surface area (Å²) in [5.41, 5.74) is 4.56. The van der Waals surface area contributed by atoms with Gasteiger partial charge in [-0.2, -0.15) is 0 Å². The quantitative estimate of drug-likeness (QED) is 0.338. The van der Waals surface area contributed by atoms with E-state index in [4.69, 9.17) is 12.2 Å². The molecule has 1 aromatic carbocycles. The lowest BCUT2D eigenvalue weighted by Crippen LogP contribution is -2.53. The Bertz CT molecular complexity index is 961. The molecule has 0 spiro atoms. The number of hydrogen-bond acceptors (Lipinski definition) is 4. The number of nitrogens with zero attached hydrogens (tertiary/aromatic N) is 2. The van der Waals surface area contributed by atoms with Crippen molar-refractivity contribution in [3.8, 4) is 0 Å². The fraction of sp³-hybridized carbons (Fsp3) is 0.458. The number of anilines is 1. The summed E-state index contributed by atoms with van der Waals surface area (Å²) >= 11 is 5.14. The van der Waals surface area contributed by atoms with Gasteiger partial charge in [0.2, 0.25) is 0 Å². The highest BCUT2D eigenvalue weighted by atomic mass is 32.1. The van der Waals surface area contributed by atoms with Crippen LogP contribution in [0.4, 0.5) is 5.69 Å². The second-order valence-corrected chi connectivity index (χ2v) is 9.56. The van der Waals surface area contributed by atoms with E-state index in [1.54, 1.807) is 12.2 Å². The largest absolute Gasteiger partial charge is 0.364 e. The topological polar surface area (TPSA) is 52.7 Å². The highest BCUT2D eigenvalue weighted by Gasteiger charge is 2.38. The Kier molecular flexibility index (Phi) is 5.92. The molecule has 1 atom stereocenters. The highest BCUT2D eigenvalue weighted by Crippen LogP contribution is 2.45. The van der Waals surface area contributed by atoms with Gasteiger partial charge in [-0.15, -0.1) is 6.58 Å². The summed E-state index contributed by atoms with van der Waals surface area (Å²) in [4.78, 5) is 29.2. The average molecular weight is 426 g/mol. The third-order valence-corrected chi connectivity index (χ3v) is 6.30. The Morgan fingerprint density at radius 2 is 2.00 bits per heavy atom. The molecule has 5 nitrogen and oxygen atoms in total. The van der Waals surface area contributed by atoms with E-state index >= 15 is 0 Å². The number of nitrogens with one attached hydrogen (secondary N) is 1. The molecule has 2 amide bonds. The first-order chi connectivity index (χ1) is 14.0. The first kappa shape index (κ1) is 22.2. The van der Waals surface area contributed by atoms with Crippen LogP contribution in [0.1, 0.15) is 63.6 Å².